The van der Waals surface area contributed by atoms with Gasteiger partial charge in [-0.25, -0.2) is 4.79 Å². The Balaban J connectivity index is 0.00000529. The average Bonchev–Trinajstić information content (AvgIpc) is 2.57. The van der Waals surface area contributed by atoms with Gasteiger partial charge in [0.1, 0.15) is 0 Å². The van der Waals surface area contributed by atoms with E-state index in [1.807, 2.05) is 13.8 Å². The molecule has 1 fully saturated rings. The Hall–Kier alpha value is -1.26. The highest BCUT2D eigenvalue weighted by Crippen LogP contribution is 2.11. The monoisotopic (exact) mass is 455 g/mol. The third-order valence-electron chi connectivity index (χ3n) is 3.73. The number of nitrogens with one attached hydrogen (secondary N) is 3. The number of likely N-dealkylation sites (tertiary alicyclic amines) is 1. The van der Waals surface area contributed by atoms with Crippen molar-refractivity contribution in [1.82, 2.24) is 20.9 Å². The molecule has 9 heteroatoms. The summed E-state index contributed by atoms with van der Waals surface area (Å²) < 4.78 is 4.72. The number of nitrogens with zero attached hydrogens (tertiary/aromatic N) is 2. The van der Waals surface area contributed by atoms with Crippen LogP contribution in [0.1, 0.15) is 26.7 Å². The smallest absolute Gasteiger partial charge is 0.409 e. The van der Waals surface area contributed by atoms with Crippen molar-refractivity contribution in [2.45, 2.75) is 32.7 Å². The van der Waals surface area contributed by atoms with Crippen LogP contribution in [-0.4, -0.2) is 69.2 Å². The zero-order valence-corrected chi connectivity index (χ0v) is 17.3. The first-order chi connectivity index (χ1) is 11.0. The van der Waals surface area contributed by atoms with Gasteiger partial charge in [-0.05, 0) is 12.8 Å². The van der Waals surface area contributed by atoms with Gasteiger partial charge in [-0.2, -0.15) is 0 Å². The predicted octanol–water partition coefficient (Wildman–Crippen LogP) is 0.772. The first kappa shape index (κ1) is 22.7. The Bertz CT molecular complexity index is 423. The molecular formula is C15H30IN5O3. The minimum absolute atomic E-state index is 0. The summed E-state index contributed by atoms with van der Waals surface area (Å²) in [5, 5.41) is 9.36. The van der Waals surface area contributed by atoms with Crippen molar-refractivity contribution in [3.8, 4) is 0 Å². The quantitative estimate of drug-likeness (QED) is 0.247. The second-order valence-electron chi connectivity index (χ2n) is 5.82. The van der Waals surface area contributed by atoms with E-state index in [1.54, 1.807) is 11.9 Å². The van der Waals surface area contributed by atoms with E-state index in [-0.39, 0.29) is 47.9 Å². The fraction of sp³-hybridized carbons (Fsp3) is 0.800. The zero-order valence-electron chi connectivity index (χ0n) is 14.9. The van der Waals surface area contributed by atoms with Crippen LogP contribution in [0, 0.1) is 5.92 Å². The number of carbonyl (C=O) groups is 2. The van der Waals surface area contributed by atoms with Crippen molar-refractivity contribution in [3.05, 3.63) is 0 Å². The SMILES string of the molecule is CN=C(NCCNC(=O)C(C)C)NC1CCN(C(=O)OC)CC1.I. The molecule has 0 atom stereocenters. The molecule has 2 amide bonds. The van der Waals surface area contributed by atoms with Gasteiger partial charge in [-0.3, -0.25) is 9.79 Å². The number of aliphatic imine (C=N–C) groups is 1. The zero-order chi connectivity index (χ0) is 17.2. The van der Waals surface area contributed by atoms with E-state index < -0.39 is 0 Å². The van der Waals surface area contributed by atoms with Crippen LogP contribution < -0.4 is 16.0 Å². The minimum atomic E-state index is -0.271. The standard InChI is InChI=1S/C15H29N5O3.HI/c1-11(2)13(21)17-7-8-18-14(16-3)19-12-5-9-20(10-6-12)15(22)23-4;/h11-12H,5-10H2,1-4H3,(H,17,21)(H2,16,18,19);1H. The molecule has 1 saturated heterocycles. The molecule has 0 spiro atoms. The van der Waals surface area contributed by atoms with Gasteiger partial charge in [0.15, 0.2) is 5.96 Å². The van der Waals surface area contributed by atoms with Gasteiger partial charge in [0, 0.05) is 45.2 Å². The van der Waals surface area contributed by atoms with Crippen LogP contribution in [0.15, 0.2) is 4.99 Å². The lowest BCUT2D eigenvalue weighted by Gasteiger charge is -2.32. The number of carbonyl (C=O) groups excluding carboxylic acids is 2. The molecule has 1 aliphatic heterocycles. The summed E-state index contributed by atoms with van der Waals surface area (Å²) in [4.78, 5) is 28.8. The van der Waals surface area contributed by atoms with Gasteiger partial charge in [0.05, 0.1) is 7.11 Å². The van der Waals surface area contributed by atoms with Gasteiger partial charge in [-0.15, -0.1) is 24.0 Å². The Morgan fingerprint density at radius 2 is 1.79 bits per heavy atom. The fourth-order valence-electron chi connectivity index (χ4n) is 2.29. The molecule has 0 aromatic carbocycles. The third kappa shape index (κ3) is 8.02. The summed E-state index contributed by atoms with van der Waals surface area (Å²) in [6.45, 7) is 6.24. The molecule has 3 N–H and O–H groups in total. The average molecular weight is 455 g/mol. The van der Waals surface area contributed by atoms with Gasteiger partial charge in [0.2, 0.25) is 5.91 Å². The Morgan fingerprint density at radius 1 is 1.21 bits per heavy atom. The van der Waals surface area contributed by atoms with Crippen LogP contribution in [0.3, 0.4) is 0 Å². The first-order valence-electron chi connectivity index (χ1n) is 8.05. The van der Waals surface area contributed by atoms with Gasteiger partial charge in [-0.1, -0.05) is 13.8 Å². The number of methoxy groups -OCH3 is 1. The maximum Gasteiger partial charge on any atom is 0.409 e. The largest absolute Gasteiger partial charge is 0.453 e. The minimum Gasteiger partial charge on any atom is -0.453 e. The molecule has 0 aromatic rings. The molecule has 0 bridgehead atoms. The Labute approximate surface area is 161 Å². The Morgan fingerprint density at radius 3 is 2.29 bits per heavy atom. The van der Waals surface area contributed by atoms with E-state index in [0.717, 1.165) is 12.8 Å². The van der Waals surface area contributed by atoms with Crippen LogP contribution in [0.5, 0.6) is 0 Å². The summed E-state index contributed by atoms with van der Waals surface area (Å²) in [7, 11) is 3.11. The lowest BCUT2D eigenvalue weighted by molar-refractivity contribution is -0.123. The third-order valence-corrected chi connectivity index (χ3v) is 3.73. The second-order valence-corrected chi connectivity index (χ2v) is 5.82. The molecule has 0 unspecified atom stereocenters. The van der Waals surface area contributed by atoms with Crippen molar-refractivity contribution in [3.63, 3.8) is 0 Å². The van der Waals surface area contributed by atoms with E-state index in [0.29, 0.717) is 32.1 Å². The molecule has 0 saturated carbocycles. The molecule has 0 aliphatic carbocycles. The molecule has 24 heavy (non-hydrogen) atoms. The van der Waals surface area contributed by atoms with Crippen LogP contribution >= 0.6 is 24.0 Å². The summed E-state index contributed by atoms with van der Waals surface area (Å²) >= 11 is 0. The van der Waals surface area contributed by atoms with Gasteiger partial charge < -0.3 is 25.6 Å². The molecule has 0 radical (unpaired) electrons. The van der Waals surface area contributed by atoms with Gasteiger partial charge >= 0.3 is 6.09 Å². The number of piperidine rings is 1. The van der Waals surface area contributed by atoms with Crippen molar-refractivity contribution < 1.29 is 14.3 Å². The second kappa shape index (κ2) is 12.2. The number of hydrogen-bond donors (Lipinski definition) is 3. The first-order valence-corrected chi connectivity index (χ1v) is 8.05. The lowest BCUT2D eigenvalue weighted by atomic mass is 10.1. The number of halogens is 1. The summed E-state index contributed by atoms with van der Waals surface area (Å²) in [6.07, 6.45) is 1.42. The van der Waals surface area contributed by atoms with Gasteiger partial charge in [0.25, 0.3) is 0 Å². The van der Waals surface area contributed by atoms with Crippen LogP contribution in [0.2, 0.25) is 0 Å². The molecule has 140 valence electrons. The number of amides is 2. The van der Waals surface area contributed by atoms with E-state index >= 15 is 0 Å². The highest BCUT2D eigenvalue weighted by molar-refractivity contribution is 14.0. The van der Waals surface area contributed by atoms with E-state index in [2.05, 4.69) is 20.9 Å². The van der Waals surface area contributed by atoms with E-state index in [4.69, 9.17) is 4.74 Å². The molecule has 1 heterocycles. The lowest BCUT2D eigenvalue weighted by Crippen LogP contribution is -2.50. The maximum absolute atomic E-state index is 11.5. The molecule has 0 aromatic heterocycles. The van der Waals surface area contributed by atoms with Crippen molar-refractivity contribution >= 4 is 41.9 Å². The highest BCUT2D eigenvalue weighted by atomic mass is 127. The molecular weight excluding hydrogens is 425 g/mol. The summed E-state index contributed by atoms with van der Waals surface area (Å²) in [5.74, 6) is 0.748. The van der Waals surface area contributed by atoms with Crippen LogP contribution in [-0.2, 0) is 9.53 Å². The maximum atomic E-state index is 11.5. The predicted molar refractivity (Wildman–Crippen MR) is 105 cm³/mol. The Kier molecular flexibility index (Phi) is 11.5. The number of guanidine groups is 1. The molecule has 1 aliphatic rings. The van der Waals surface area contributed by atoms with Crippen molar-refractivity contribution in [2.24, 2.45) is 10.9 Å². The van der Waals surface area contributed by atoms with Crippen LogP contribution in [0.4, 0.5) is 4.79 Å². The van der Waals surface area contributed by atoms with Crippen molar-refractivity contribution in [2.75, 3.05) is 40.3 Å². The number of ether oxygens (including phenoxy) is 1. The topological polar surface area (TPSA) is 95.1 Å². The van der Waals surface area contributed by atoms with Crippen LogP contribution in [0.25, 0.3) is 0 Å². The fourth-order valence-corrected chi connectivity index (χ4v) is 2.29. The molecule has 1 rings (SSSR count). The summed E-state index contributed by atoms with van der Waals surface area (Å²) in [5.41, 5.74) is 0. The highest BCUT2D eigenvalue weighted by Gasteiger charge is 2.23. The summed E-state index contributed by atoms with van der Waals surface area (Å²) in [6, 6.07) is 0.271. The molecule has 8 nitrogen and oxygen atoms in total. The van der Waals surface area contributed by atoms with Crippen molar-refractivity contribution in [1.29, 1.82) is 0 Å². The normalized spacial score (nSPS) is 15.5. The number of hydrogen-bond acceptors (Lipinski definition) is 4. The van der Waals surface area contributed by atoms with E-state index in [1.165, 1.54) is 7.11 Å². The van der Waals surface area contributed by atoms with E-state index in [9.17, 15) is 9.59 Å². The number of rotatable bonds is 5.